The molecule has 4 aromatic carbocycles. The number of halogens is 2. The van der Waals surface area contributed by atoms with Crippen molar-refractivity contribution in [2.75, 3.05) is 100 Å². The molecule has 2 aliphatic heterocycles. The maximum Gasteiger partial charge on any atom is 0.410 e. The molecule has 6 rings (SSSR count). The van der Waals surface area contributed by atoms with Gasteiger partial charge in [0.15, 0.2) is 0 Å². The Morgan fingerprint density at radius 1 is 0.500 bits per heavy atom. The second-order valence-electron chi connectivity index (χ2n) is 31.4. The Kier molecular flexibility index (Phi) is 71.7. The van der Waals surface area contributed by atoms with Gasteiger partial charge in [0.25, 0.3) is 14.1 Å². The van der Waals surface area contributed by atoms with E-state index in [0.717, 1.165) is 41.8 Å². The van der Waals surface area contributed by atoms with Crippen molar-refractivity contribution in [1.82, 2.24) is 51.9 Å². The molecular formula is C90H147AlCl2N12O25. The molecule has 734 valence electrons. The summed E-state index contributed by atoms with van der Waals surface area (Å²) in [6, 6.07) is 34.8. The van der Waals surface area contributed by atoms with E-state index in [4.69, 9.17) is 61.0 Å². The molecule has 2 heterocycles. The van der Waals surface area contributed by atoms with Crippen molar-refractivity contribution in [3.8, 4) is 0 Å². The van der Waals surface area contributed by atoms with Crippen LogP contribution in [0.15, 0.2) is 121 Å². The molecule has 8 amide bonds. The van der Waals surface area contributed by atoms with E-state index >= 15 is 0 Å². The van der Waals surface area contributed by atoms with E-state index < -0.39 is 94.9 Å². The summed E-state index contributed by atoms with van der Waals surface area (Å²) in [7, 11) is 5.24. The Balaban J connectivity index is -0.000000713. The summed E-state index contributed by atoms with van der Waals surface area (Å²) in [5.74, 6) is 5.30. The van der Waals surface area contributed by atoms with Crippen LogP contribution in [0.25, 0.3) is 0 Å². The minimum absolute atomic E-state index is 0. The minimum Gasteiger partial charge on any atom is -0.468 e. The lowest BCUT2D eigenvalue weighted by molar-refractivity contribution is -0.147. The second-order valence-corrected chi connectivity index (χ2v) is 35.2. The van der Waals surface area contributed by atoms with E-state index in [-0.39, 0.29) is 122 Å². The van der Waals surface area contributed by atoms with Crippen molar-refractivity contribution in [2.45, 2.75) is 239 Å². The lowest BCUT2D eigenvalue weighted by atomic mass is 10.1. The van der Waals surface area contributed by atoms with Crippen molar-refractivity contribution in [3.63, 3.8) is 0 Å². The molecule has 2 aliphatic rings. The standard InChI is InChI=1S/C20H30N2O6.C15H22N2O4.C14H18N2O3.C12H24N2O4.C8H7ClO2.C7H13NO3.C6H12N2O.C5H11NO2.3CH3.Al.ClH/c1-6-16(17(23)26-5)22(13-12-21-18(24)28-20(2,3)4)19(25)27-14-15-10-8-7-9-11-15;1-3-13(14(18)20-2)17(10-9-16)15(19)21-11-12-7-5-4-6-8-12;1-2-12-13(17)15-8-9-16(12)14(18)19-10-11-6-4-3-5-7-11;1-6-9(10(15)17-5)13-7-8-14-11(16)18-12(2,3)4;9-8(10)11-6-7-4-2-1-3-5-7;1-7(2,3)11-6(10)8-4-5-9;1-2-5-6(9)8-4-3-7-5;1-3-4(6)5(7)8-2;;;;;/h7-11,16H,6,12-14H2,1-5H3,(H,21,24);4-8,13H,3,9-11,16H2,1-2H3;3-7,12H,2,8-10H2,1H3,(H,15,17);9,13H,6-8H2,1-5H3,(H,14,16);1-5H,6H2;5H,4H2,1-3H3,(H,8,10);5,7H,2-4H2,1H3,(H,8,9);4H,3,6H2,1-2H3;3*1H3;;1H/t16-;13-;12-;9-;;;5-;4-;;;;;/m1111..11...../s1. The van der Waals surface area contributed by atoms with Crippen LogP contribution in [-0.2, 0) is 112 Å². The maximum absolute atomic E-state index is 12.6. The molecule has 37 nitrogen and oxygen atoms in total. The van der Waals surface area contributed by atoms with Crippen LogP contribution in [0.3, 0.4) is 0 Å². The van der Waals surface area contributed by atoms with Gasteiger partial charge in [-0.25, -0.2) is 43.2 Å². The molecule has 11 N–H and O–H groups in total. The molecule has 0 radical (unpaired) electrons. The first-order valence-electron chi connectivity index (χ1n) is 42.8. The molecule has 2 fully saturated rings. The number of amides is 8. The quantitative estimate of drug-likeness (QED) is 0.00564. The number of carbonyl (C=O) groups is 14. The van der Waals surface area contributed by atoms with Crippen LogP contribution in [0, 0.1) is 0 Å². The summed E-state index contributed by atoms with van der Waals surface area (Å²) in [5.41, 5.74) is 11.9. The average molecular weight is 1900 g/mol. The zero-order chi connectivity index (χ0) is 98.5. The van der Waals surface area contributed by atoms with Crippen molar-refractivity contribution in [3.05, 3.63) is 144 Å². The van der Waals surface area contributed by atoms with E-state index in [1.54, 1.807) is 76.2 Å². The first-order valence-corrected chi connectivity index (χ1v) is 46.6. The van der Waals surface area contributed by atoms with Gasteiger partial charge in [0, 0.05) is 77.0 Å². The summed E-state index contributed by atoms with van der Waals surface area (Å²) >= 11 is 4.83. The summed E-state index contributed by atoms with van der Waals surface area (Å²) in [6.45, 7) is 32.0. The Labute approximate surface area is 783 Å². The van der Waals surface area contributed by atoms with Crippen molar-refractivity contribution in [1.29, 1.82) is 0 Å². The number of alkyl carbamates (subject to hydrolysis) is 3. The number of methoxy groups -OCH3 is 4. The fourth-order valence-electron chi connectivity index (χ4n) is 10.2. The predicted molar refractivity (Wildman–Crippen MR) is 500 cm³/mol. The zero-order valence-electron chi connectivity index (χ0n) is 80.0. The van der Waals surface area contributed by atoms with E-state index in [2.05, 4.69) is 68.8 Å². The van der Waals surface area contributed by atoms with Crippen LogP contribution in [0.5, 0.6) is 0 Å². The molecule has 6 atom stereocenters. The van der Waals surface area contributed by atoms with Crippen LogP contribution in [0.4, 0.5) is 33.6 Å². The first kappa shape index (κ1) is 126. The summed E-state index contributed by atoms with van der Waals surface area (Å²) in [6.07, 6.45) is 0.843. The number of carbonyl (C=O) groups excluding carboxylic acids is 14. The number of benzene rings is 4. The number of hydrogen-bond donors (Lipinski definition) is 9. The molecule has 0 spiro atoms. The number of nitrogens with one attached hydrogen (secondary N) is 7. The normalized spacial score (nSPS) is 13.5. The van der Waals surface area contributed by atoms with Crippen molar-refractivity contribution >= 4 is 122 Å². The number of rotatable bonds is 31. The van der Waals surface area contributed by atoms with Crippen LogP contribution >= 0.6 is 24.0 Å². The Hall–Kier alpha value is -10.6. The molecule has 40 heteroatoms. The van der Waals surface area contributed by atoms with Gasteiger partial charge in [-0.2, -0.15) is 0 Å². The highest BCUT2D eigenvalue weighted by Gasteiger charge is 2.34. The first-order chi connectivity index (χ1) is 60.9. The molecular weight excluding hydrogens is 1750 g/mol. The van der Waals surface area contributed by atoms with Crippen LogP contribution in [-0.4, -0.2) is 266 Å². The van der Waals surface area contributed by atoms with Gasteiger partial charge in [-0.05, 0) is 123 Å². The van der Waals surface area contributed by atoms with E-state index in [1.165, 1.54) is 43.1 Å². The minimum atomic E-state index is -0.811. The number of esters is 4. The number of aldehydes is 1. The number of hydrogen-bond acceptors (Lipinski definition) is 29. The third kappa shape index (κ3) is 64.2. The molecule has 0 bridgehead atoms. The highest BCUT2D eigenvalue weighted by molar-refractivity contribution is 6.61. The van der Waals surface area contributed by atoms with Gasteiger partial charge < -0.3 is 106 Å². The van der Waals surface area contributed by atoms with Gasteiger partial charge >= 0.3 is 65.9 Å². The van der Waals surface area contributed by atoms with Crippen molar-refractivity contribution < 1.29 is 119 Å². The topological polar surface area (TPSA) is 486 Å². The number of piperazine rings is 2. The molecule has 0 aliphatic carbocycles. The summed E-state index contributed by atoms with van der Waals surface area (Å²) < 4.78 is 53.9. The van der Waals surface area contributed by atoms with Crippen molar-refractivity contribution in [2.24, 2.45) is 11.5 Å². The van der Waals surface area contributed by atoms with E-state index in [1.807, 2.05) is 149 Å². The Morgan fingerprint density at radius 2 is 0.877 bits per heavy atom. The number of ether oxygens (including phenoxy) is 11. The van der Waals surface area contributed by atoms with E-state index in [9.17, 15) is 67.1 Å². The lowest BCUT2D eigenvalue weighted by Gasteiger charge is -2.33. The third-order valence-electron chi connectivity index (χ3n) is 16.4. The van der Waals surface area contributed by atoms with Crippen LogP contribution < -0.4 is 48.7 Å². The highest BCUT2D eigenvalue weighted by Crippen LogP contribution is 2.17. The monoisotopic (exact) mass is 1890 g/mol. The van der Waals surface area contributed by atoms with Crippen LogP contribution in [0.2, 0.25) is 17.4 Å². The maximum atomic E-state index is 12.6. The van der Waals surface area contributed by atoms with Gasteiger partial charge in [-0.1, -0.05) is 163 Å². The molecule has 2 saturated heterocycles. The molecule has 130 heavy (non-hydrogen) atoms. The Morgan fingerprint density at radius 3 is 1.20 bits per heavy atom. The number of nitrogens with zero attached hydrogens (tertiary/aromatic N) is 3. The van der Waals surface area contributed by atoms with Gasteiger partial charge in [0.1, 0.15) is 79.7 Å². The van der Waals surface area contributed by atoms with Gasteiger partial charge in [0.05, 0.1) is 41.0 Å². The summed E-state index contributed by atoms with van der Waals surface area (Å²) in [4.78, 5) is 163. The third-order valence-corrected chi connectivity index (χ3v) is 16.5. The average Bonchev–Trinajstić information content (AvgIpc) is 0.834. The largest absolute Gasteiger partial charge is 0.468 e. The number of nitrogens with two attached hydrogens (primary N) is 2. The van der Waals surface area contributed by atoms with Gasteiger partial charge in [-0.3, -0.25) is 33.9 Å². The van der Waals surface area contributed by atoms with E-state index in [0.29, 0.717) is 64.6 Å². The SMILES string of the molecule is CC(C)(C)OC(=O)NCC=O.CC[C@@H](N)C(=O)OC.CC[C@@H](NCCNC(=O)OC(C)(C)C)C(=O)OC.CC[C@@H]1C(=O)NCCN1C(=O)OCc1ccccc1.CC[C@H](C(=O)OC)N(CCN)C(=O)OCc1ccccc1.CC[C@H](C(=O)OC)N(CCNC(=O)OC(C)(C)C)C(=O)OCc1ccccc1.CC[C@H]1NCCNC1=O.Cl.O=C(Cl)OCc1ccccc1.[CH3][Al]([CH3])[CH3]. The Bertz CT molecular complexity index is 3820. The predicted octanol–water partition coefficient (Wildman–Crippen LogP) is 11.7. The van der Waals surface area contributed by atoms with Gasteiger partial charge in [0.2, 0.25) is 11.8 Å². The summed E-state index contributed by atoms with van der Waals surface area (Å²) in [5, 5.41) is 19.1. The zero-order valence-corrected chi connectivity index (χ0v) is 82.7. The lowest BCUT2D eigenvalue weighted by Crippen LogP contribution is -2.56. The van der Waals surface area contributed by atoms with Gasteiger partial charge in [-0.15, -0.1) is 29.8 Å². The molecule has 0 saturated carbocycles. The molecule has 4 aromatic rings. The van der Waals surface area contributed by atoms with Crippen LogP contribution in [0.1, 0.15) is 165 Å². The second kappa shape index (κ2) is 74.1. The smallest absolute Gasteiger partial charge is 0.410 e. The fraction of sp³-hybridized carbons (Fsp3) is 0.578. The fourth-order valence-corrected chi connectivity index (χ4v) is 10.3. The molecule has 0 aromatic heterocycles. The molecule has 0 unspecified atom stereocenters. The highest BCUT2D eigenvalue weighted by atomic mass is 35.5.